The van der Waals surface area contributed by atoms with Crippen LogP contribution in [0.15, 0.2) is 46.5 Å². The van der Waals surface area contributed by atoms with Gasteiger partial charge in [0.15, 0.2) is 0 Å². The van der Waals surface area contributed by atoms with Gasteiger partial charge in [-0.2, -0.15) is 11.3 Å². The minimum absolute atomic E-state index is 0.00958. The summed E-state index contributed by atoms with van der Waals surface area (Å²) >= 11 is 3.25. The highest BCUT2D eigenvalue weighted by molar-refractivity contribution is 7.14. The molecule has 146 valence electrons. The van der Waals surface area contributed by atoms with Gasteiger partial charge in [-0.3, -0.25) is 4.79 Å². The van der Waals surface area contributed by atoms with E-state index in [1.807, 2.05) is 16.8 Å². The van der Waals surface area contributed by atoms with E-state index in [9.17, 15) is 4.79 Å². The zero-order valence-corrected chi connectivity index (χ0v) is 17.6. The van der Waals surface area contributed by atoms with E-state index in [2.05, 4.69) is 56.8 Å². The summed E-state index contributed by atoms with van der Waals surface area (Å²) in [5.41, 5.74) is 4.35. The second-order valence-corrected chi connectivity index (χ2v) is 8.67. The van der Waals surface area contributed by atoms with Crippen molar-refractivity contribution in [2.24, 2.45) is 0 Å². The molecule has 0 aliphatic carbocycles. The zero-order chi connectivity index (χ0) is 19.3. The van der Waals surface area contributed by atoms with Crippen LogP contribution in [0.3, 0.4) is 0 Å². The smallest absolute Gasteiger partial charge is 0.226 e. The SMILES string of the molecule is CN1CCN(c2ccccc2CNC(=O)Cc2csc(-c3ccsc3)n2)CC1. The number of thiophene rings is 1. The number of likely N-dealkylation sites (N-methyl/N-ethyl adjacent to an activating group) is 1. The molecule has 1 saturated heterocycles. The number of aromatic nitrogens is 1. The van der Waals surface area contributed by atoms with E-state index in [4.69, 9.17) is 0 Å². The molecular formula is C21H24N4OS2. The lowest BCUT2D eigenvalue weighted by Crippen LogP contribution is -2.45. The second-order valence-electron chi connectivity index (χ2n) is 7.03. The van der Waals surface area contributed by atoms with Gasteiger partial charge in [-0.1, -0.05) is 18.2 Å². The highest BCUT2D eigenvalue weighted by Crippen LogP contribution is 2.26. The normalized spacial score (nSPS) is 15.0. The van der Waals surface area contributed by atoms with Crippen molar-refractivity contribution in [3.8, 4) is 10.6 Å². The molecule has 1 aliphatic rings. The van der Waals surface area contributed by atoms with E-state index in [0.717, 1.165) is 48.0 Å². The van der Waals surface area contributed by atoms with E-state index < -0.39 is 0 Å². The predicted molar refractivity (Wildman–Crippen MR) is 117 cm³/mol. The first kappa shape index (κ1) is 19.1. The van der Waals surface area contributed by atoms with Gasteiger partial charge in [-0.05, 0) is 30.1 Å². The molecule has 0 unspecified atom stereocenters. The number of benzene rings is 1. The van der Waals surface area contributed by atoms with E-state index in [1.165, 1.54) is 5.69 Å². The Kier molecular flexibility index (Phi) is 6.04. The van der Waals surface area contributed by atoms with Crippen molar-refractivity contribution in [3.05, 3.63) is 57.7 Å². The molecule has 0 radical (unpaired) electrons. The standard InChI is InChI=1S/C21H24N4OS2/c1-24-7-9-25(10-8-24)19-5-3-2-4-16(19)13-22-20(26)12-18-15-28-21(23-18)17-6-11-27-14-17/h2-6,11,14-15H,7-10,12-13H2,1H3,(H,22,26). The van der Waals surface area contributed by atoms with Crippen molar-refractivity contribution in [2.75, 3.05) is 38.1 Å². The van der Waals surface area contributed by atoms with Crippen LogP contribution in [0.2, 0.25) is 0 Å². The fraction of sp³-hybridized carbons (Fsp3) is 0.333. The minimum Gasteiger partial charge on any atom is -0.369 e. The molecule has 2 aromatic heterocycles. The Labute approximate surface area is 173 Å². The molecule has 4 rings (SSSR count). The number of nitrogens with zero attached hydrogens (tertiary/aromatic N) is 3. The van der Waals surface area contributed by atoms with Gasteiger partial charge in [0, 0.05) is 54.7 Å². The van der Waals surface area contributed by atoms with Gasteiger partial charge in [-0.15, -0.1) is 11.3 Å². The van der Waals surface area contributed by atoms with Crippen LogP contribution < -0.4 is 10.2 Å². The fourth-order valence-electron chi connectivity index (χ4n) is 3.34. The monoisotopic (exact) mass is 412 g/mol. The molecule has 5 nitrogen and oxygen atoms in total. The van der Waals surface area contributed by atoms with Gasteiger partial charge in [0.2, 0.25) is 5.91 Å². The van der Waals surface area contributed by atoms with Crippen molar-refractivity contribution >= 4 is 34.3 Å². The first-order valence-corrected chi connectivity index (χ1v) is 11.3. The number of para-hydroxylation sites is 1. The third kappa shape index (κ3) is 4.60. The summed E-state index contributed by atoms with van der Waals surface area (Å²) in [6.45, 7) is 4.72. The molecular weight excluding hydrogens is 388 g/mol. The molecule has 7 heteroatoms. The van der Waals surface area contributed by atoms with Gasteiger partial charge in [0.1, 0.15) is 5.01 Å². The second kappa shape index (κ2) is 8.86. The largest absolute Gasteiger partial charge is 0.369 e. The molecule has 0 spiro atoms. The first-order chi connectivity index (χ1) is 13.7. The summed E-state index contributed by atoms with van der Waals surface area (Å²) in [7, 11) is 2.16. The zero-order valence-electron chi connectivity index (χ0n) is 15.9. The number of amides is 1. The number of carbonyl (C=O) groups is 1. The highest BCUT2D eigenvalue weighted by Gasteiger charge is 2.17. The Morgan fingerprint density at radius 1 is 1.14 bits per heavy atom. The number of anilines is 1. The Bertz CT molecular complexity index is 914. The number of carbonyl (C=O) groups excluding carboxylic acids is 1. The summed E-state index contributed by atoms with van der Waals surface area (Å²) in [6.07, 6.45) is 0.317. The molecule has 3 heterocycles. The van der Waals surface area contributed by atoms with E-state index >= 15 is 0 Å². The van der Waals surface area contributed by atoms with Gasteiger partial charge in [-0.25, -0.2) is 4.98 Å². The third-order valence-corrected chi connectivity index (χ3v) is 6.60. The molecule has 0 saturated carbocycles. The van der Waals surface area contributed by atoms with E-state index in [0.29, 0.717) is 13.0 Å². The molecule has 1 amide bonds. The molecule has 1 aromatic carbocycles. The molecule has 1 fully saturated rings. The van der Waals surface area contributed by atoms with E-state index in [-0.39, 0.29) is 5.91 Å². The van der Waals surface area contributed by atoms with Crippen molar-refractivity contribution in [1.82, 2.24) is 15.2 Å². The van der Waals surface area contributed by atoms with Crippen LogP contribution in [0.25, 0.3) is 10.6 Å². The number of rotatable bonds is 6. The maximum Gasteiger partial charge on any atom is 0.226 e. The molecule has 1 aliphatic heterocycles. The number of thiazole rings is 1. The summed E-state index contributed by atoms with van der Waals surface area (Å²) in [6, 6.07) is 10.4. The van der Waals surface area contributed by atoms with Crippen molar-refractivity contribution in [1.29, 1.82) is 0 Å². The van der Waals surface area contributed by atoms with Gasteiger partial charge in [0.05, 0.1) is 12.1 Å². The van der Waals surface area contributed by atoms with Crippen LogP contribution in [-0.2, 0) is 17.8 Å². The van der Waals surface area contributed by atoms with Gasteiger partial charge >= 0.3 is 0 Å². The minimum atomic E-state index is 0.00958. The van der Waals surface area contributed by atoms with E-state index in [1.54, 1.807) is 22.7 Å². The Balaban J connectivity index is 1.35. The maximum absolute atomic E-state index is 12.4. The number of piperazine rings is 1. The number of nitrogens with one attached hydrogen (secondary N) is 1. The molecule has 1 N–H and O–H groups in total. The summed E-state index contributed by atoms with van der Waals surface area (Å²) < 4.78 is 0. The lowest BCUT2D eigenvalue weighted by atomic mass is 10.1. The molecule has 28 heavy (non-hydrogen) atoms. The number of hydrogen-bond acceptors (Lipinski definition) is 6. The summed E-state index contributed by atoms with van der Waals surface area (Å²) in [5.74, 6) is 0.00958. The maximum atomic E-state index is 12.4. The Morgan fingerprint density at radius 2 is 1.96 bits per heavy atom. The molecule has 3 aromatic rings. The number of hydrogen-bond donors (Lipinski definition) is 1. The van der Waals surface area contributed by atoms with Crippen LogP contribution in [-0.4, -0.2) is 49.0 Å². The molecule has 0 atom stereocenters. The van der Waals surface area contributed by atoms with Crippen LogP contribution >= 0.6 is 22.7 Å². The summed E-state index contributed by atoms with van der Waals surface area (Å²) in [4.78, 5) is 21.8. The Hall–Kier alpha value is -2.22. The lowest BCUT2D eigenvalue weighted by Gasteiger charge is -2.35. The van der Waals surface area contributed by atoms with Gasteiger partial charge in [0.25, 0.3) is 0 Å². The quantitative estimate of drug-likeness (QED) is 0.673. The van der Waals surface area contributed by atoms with Crippen LogP contribution in [0.4, 0.5) is 5.69 Å². The highest BCUT2D eigenvalue weighted by atomic mass is 32.1. The lowest BCUT2D eigenvalue weighted by molar-refractivity contribution is -0.120. The third-order valence-electron chi connectivity index (χ3n) is 4.97. The molecule has 0 bridgehead atoms. The van der Waals surface area contributed by atoms with Gasteiger partial charge < -0.3 is 15.1 Å². The van der Waals surface area contributed by atoms with Crippen molar-refractivity contribution in [2.45, 2.75) is 13.0 Å². The van der Waals surface area contributed by atoms with Crippen LogP contribution in [0.1, 0.15) is 11.3 Å². The Morgan fingerprint density at radius 3 is 2.75 bits per heavy atom. The average molecular weight is 413 g/mol. The first-order valence-electron chi connectivity index (χ1n) is 9.44. The van der Waals surface area contributed by atoms with Crippen LogP contribution in [0, 0.1) is 0 Å². The predicted octanol–water partition coefficient (Wildman–Crippen LogP) is 3.48. The van der Waals surface area contributed by atoms with Crippen molar-refractivity contribution < 1.29 is 4.79 Å². The topological polar surface area (TPSA) is 48.5 Å². The summed E-state index contributed by atoms with van der Waals surface area (Å²) in [5, 5.41) is 10.1. The van der Waals surface area contributed by atoms with Crippen LogP contribution in [0.5, 0.6) is 0 Å². The van der Waals surface area contributed by atoms with Crippen molar-refractivity contribution in [3.63, 3.8) is 0 Å². The average Bonchev–Trinajstić information content (AvgIpc) is 3.39. The fourth-order valence-corrected chi connectivity index (χ4v) is 4.88.